The third kappa shape index (κ3) is 6.74. The molecule has 0 saturated heterocycles. The molecule has 1 aromatic carbocycles. The fraction of sp³-hybridized carbons (Fsp3) is 0.429. The topological polar surface area (TPSA) is 130 Å². The van der Waals surface area contributed by atoms with Gasteiger partial charge in [-0.15, -0.1) is 0 Å². The summed E-state index contributed by atoms with van der Waals surface area (Å²) in [5.74, 6) is -0.316. The standard InChI is InChI=1S/C21H27N5O4S/c1-15-13-22-14-19(24-15)20(27)23-12-11-16-7-9-18(10-8-16)31(29,30)26-21(28)25-17-5-3-2-4-6-17/h7-10,13-14,17H,2-6,11-12H2,1H3,(H,23,27)(H2,25,26,28). The van der Waals surface area contributed by atoms with E-state index in [2.05, 4.69) is 25.3 Å². The van der Waals surface area contributed by atoms with Gasteiger partial charge in [0.2, 0.25) is 0 Å². The molecule has 2 aromatic rings. The Morgan fingerprint density at radius 3 is 2.45 bits per heavy atom. The second kappa shape index (κ2) is 10.3. The van der Waals surface area contributed by atoms with Gasteiger partial charge in [0.05, 0.1) is 16.8 Å². The van der Waals surface area contributed by atoms with Gasteiger partial charge in [-0.25, -0.2) is 22.9 Å². The molecule has 1 aromatic heterocycles. The molecule has 3 N–H and O–H groups in total. The highest BCUT2D eigenvalue weighted by Crippen LogP contribution is 2.17. The minimum absolute atomic E-state index is 0.00844. The van der Waals surface area contributed by atoms with E-state index in [1.165, 1.54) is 18.3 Å². The van der Waals surface area contributed by atoms with Gasteiger partial charge in [-0.2, -0.15) is 0 Å². The molecule has 0 spiro atoms. The lowest BCUT2D eigenvalue weighted by Gasteiger charge is -2.22. The average Bonchev–Trinajstić information content (AvgIpc) is 2.74. The normalized spacial score (nSPS) is 14.6. The van der Waals surface area contributed by atoms with Crippen LogP contribution in [-0.2, 0) is 16.4 Å². The number of urea groups is 1. The van der Waals surface area contributed by atoms with Gasteiger partial charge in [-0.1, -0.05) is 31.4 Å². The van der Waals surface area contributed by atoms with Crippen molar-refractivity contribution in [3.05, 3.63) is 53.6 Å². The van der Waals surface area contributed by atoms with E-state index in [-0.39, 0.29) is 22.5 Å². The number of hydrogen-bond donors (Lipinski definition) is 3. The molecule has 3 amide bonds. The Balaban J connectivity index is 1.49. The largest absolute Gasteiger partial charge is 0.350 e. The first kappa shape index (κ1) is 22.7. The maximum Gasteiger partial charge on any atom is 0.328 e. The summed E-state index contributed by atoms with van der Waals surface area (Å²) in [7, 11) is -3.95. The van der Waals surface area contributed by atoms with Crippen LogP contribution in [0.2, 0.25) is 0 Å². The second-order valence-electron chi connectivity index (χ2n) is 7.61. The summed E-state index contributed by atoms with van der Waals surface area (Å²) >= 11 is 0. The zero-order valence-corrected chi connectivity index (χ0v) is 18.2. The summed E-state index contributed by atoms with van der Waals surface area (Å²) in [5.41, 5.74) is 1.76. The molecule has 1 fully saturated rings. The minimum atomic E-state index is -3.95. The van der Waals surface area contributed by atoms with Gasteiger partial charge in [0.15, 0.2) is 0 Å². The molecule has 1 aliphatic rings. The number of carbonyl (C=O) groups excluding carboxylic acids is 2. The number of hydrogen-bond acceptors (Lipinski definition) is 6. The summed E-state index contributed by atoms with van der Waals surface area (Å²) in [6.07, 6.45) is 8.45. The third-order valence-corrected chi connectivity index (χ3v) is 6.43. The smallest absolute Gasteiger partial charge is 0.328 e. The molecule has 0 unspecified atom stereocenters. The predicted octanol–water partition coefficient (Wildman–Crippen LogP) is 2.08. The van der Waals surface area contributed by atoms with Crippen LogP contribution in [0.1, 0.15) is 53.8 Å². The molecule has 1 saturated carbocycles. The number of aryl methyl sites for hydroxylation is 1. The van der Waals surface area contributed by atoms with Crippen LogP contribution in [-0.4, -0.2) is 42.9 Å². The molecular weight excluding hydrogens is 418 g/mol. The zero-order chi connectivity index (χ0) is 22.3. The summed E-state index contributed by atoms with van der Waals surface area (Å²) in [6.45, 7) is 2.12. The highest BCUT2D eigenvalue weighted by Gasteiger charge is 2.21. The Hall–Kier alpha value is -3.01. The molecule has 3 rings (SSSR count). The zero-order valence-electron chi connectivity index (χ0n) is 17.4. The van der Waals surface area contributed by atoms with Gasteiger partial charge < -0.3 is 10.6 Å². The fourth-order valence-corrected chi connectivity index (χ4v) is 4.38. The van der Waals surface area contributed by atoms with Crippen LogP contribution in [0.5, 0.6) is 0 Å². The van der Waals surface area contributed by atoms with E-state index in [1.54, 1.807) is 25.3 Å². The van der Waals surface area contributed by atoms with Crippen LogP contribution >= 0.6 is 0 Å². The van der Waals surface area contributed by atoms with Gasteiger partial charge >= 0.3 is 6.03 Å². The molecule has 10 heteroatoms. The van der Waals surface area contributed by atoms with Crippen molar-refractivity contribution in [3.8, 4) is 0 Å². The third-order valence-electron chi connectivity index (χ3n) is 5.09. The molecular formula is C21H27N5O4S. The number of rotatable bonds is 7. The Labute approximate surface area is 182 Å². The van der Waals surface area contributed by atoms with Crippen molar-refractivity contribution in [2.75, 3.05) is 6.54 Å². The maximum absolute atomic E-state index is 12.4. The molecule has 0 radical (unpaired) electrons. The Morgan fingerprint density at radius 1 is 1.06 bits per heavy atom. The maximum atomic E-state index is 12.4. The molecule has 0 aliphatic heterocycles. The van der Waals surface area contributed by atoms with Crippen molar-refractivity contribution < 1.29 is 18.0 Å². The van der Waals surface area contributed by atoms with E-state index in [1.807, 2.05) is 0 Å². The van der Waals surface area contributed by atoms with Crippen molar-refractivity contribution >= 4 is 22.0 Å². The highest BCUT2D eigenvalue weighted by molar-refractivity contribution is 7.90. The number of sulfonamides is 1. The number of nitrogens with zero attached hydrogens (tertiary/aromatic N) is 2. The average molecular weight is 446 g/mol. The molecule has 0 bridgehead atoms. The van der Waals surface area contributed by atoms with Crippen molar-refractivity contribution in [1.29, 1.82) is 0 Å². The quantitative estimate of drug-likeness (QED) is 0.598. The number of benzene rings is 1. The van der Waals surface area contributed by atoms with Crippen LogP contribution < -0.4 is 15.4 Å². The lowest BCUT2D eigenvalue weighted by atomic mass is 9.96. The Bertz CT molecular complexity index is 1020. The van der Waals surface area contributed by atoms with Crippen molar-refractivity contribution in [2.45, 2.75) is 56.4 Å². The molecule has 1 heterocycles. The van der Waals surface area contributed by atoms with Crippen molar-refractivity contribution in [1.82, 2.24) is 25.3 Å². The molecule has 1 aliphatic carbocycles. The Kier molecular flexibility index (Phi) is 7.56. The number of nitrogens with one attached hydrogen (secondary N) is 3. The first-order valence-corrected chi connectivity index (χ1v) is 11.8. The van der Waals surface area contributed by atoms with Crippen molar-refractivity contribution in [2.24, 2.45) is 0 Å². The minimum Gasteiger partial charge on any atom is -0.350 e. The van der Waals surface area contributed by atoms with Gasteiger partial charge in [-0.05, 0) is 43.9 Å². The summed E-state index contributed by atoms with van der Waals surface area (Å²) < 4.78 is 27.0. The van der Waals surface area contributed by atoms with Crippen LogP contribution in [0.3, 0.4) is 0 Å². The molecule has 0 atom stereocenters. The van der Waals surface area contributed by atoms with E-state index in [0.717, 1.165) is 37.7 Å². The van der Waals surface area contributed by atoms with Crippen LogP contribution in [0, 0.1) is 6.92 Å². The molecule has 31 heavy (non-hydrogen) atoms. The lowest BCUT2D eigenvalue weighted by Crippen LogP contribution is -2.45. The fourth-order valence-electron chi connectivity index (χ4n) is 3.46. The number of aromatic nitrogens is 2. The first-order chi connectivity index (χ1) is 14.8. The van der Waals surface area contributed by atoms with Crippen LogP contribution in [0.4, 0.5) is 4.79 Å². The van der Waals surface area contributed by atoms with Crippen molar-refractivity contribution in [3.63, 3.8) is 0 Å². The highest BCUT2D eigenvalue weighted by atomic mass is 32.2. The first-order valence-electron chi connectivity index (χ1n) is 10.3. The second-order valence-corrected chi connectivity index (χ2v) is 9.29. The SMILES string of the molecule is Cc1cncc(C(=O)NCCc2ccc(S(=O)(=O)NC(=O)NC3CCCCC3)cc2)n1. The van der Waals surface area contributed by atoms with Crippen LogP contribution in [0.15, 0.2) is 41.6 Å². The van der Waals surface area contributed by atoms with E-state index >= 15 is 0 Å². The van der Waals surface area contributed by atoms with E-state index < -0.39 is 16.1 Å². The van der Waals surface area contributed by atoms with Crippen LogP contribution in [0.25, 0.3) is 0 Å². The van der Waals surface area contributed by atoms with E-state index in [0.29, 0.717) is 18.7 Å². The van der Waals surface area contributed by atoms with E-state index in [9.17, 15) is 18.0 Å². The number of carbonyl (C=O) groups is 2. The predicted molar refractivity (Wildman–Crippen MR) is 115 cm³/mol. The van der Waals surface area contributed by atoms with Gasteiger partial charge in [-0.3, -0.25) is 9.78 Å². The monoisotopic (exact) mass is 445 g/mol. The van der Waals surface area contributed by atoms with E-state index in [4.69, 9.17) is 0 Å². The van der Waals surface area contributed by atoms with Gasteiger partial charge in [0.1, 0.15) is 5.69 Å². The molecule has 166 valence electrons. The Morgan fingerprint density at radius 2 is 1.77 bits per heavy atom. The van der Waals surface area contributed by atoms with Gasteiger partial charge in [0.25, 0.3) is 15.9 Å². The lowest BCUT2D eigenvalue weighted by molar-refractivity contribution is 0.0948. The number of amides is 3. The summed E-state index contributed by atoms with van der Waals surface area (Å²) in [4.78, 5) is 32.2. The summed E-state index contributed by atoms with van der Waals surface area (Å²) in [6, 6.07) is 5.53. The van der Waals surface area contributed by atoms with Gasteiger partial charge in [0, 0.05) is 18.8 Å². The molecule has 9 nitrogen and oxygen atoms in total. The summed E-state index contributed by atoms with van der Waals surface area (Å²) in [5, 5.41) is 5.49.